The Morgan fingerprint density at radius 1 is 1.22 bits per heavy atom. The predicted octanol–water partition coefficient (Wildman–Crippen LogP) is 0.924. The quantitative estimate of drug-likeness (QED) is 0.786. The number of para-hydroxylation sites is 1. The Bertz CT molecular complexity index is 707. The molecule has 2 aliphatic rings. The fourth-order valence-electron chi connectivity index (χ4n) is 3.19. The maximum absolute atomic E-state index is 12.5. The molecule has 1 fully saturated rings. The van der Waals surface area contributed by atoms with Crippen LogP contribution in [0.2, 0.25) is 0 Å². The van der Waals surface area contributed by atoms with Crippen molar-refractivity contribution in [3.8, 4) is 5.75 Å². The minimum Gasteiger partial charge on any atom is -0.493 e. The van der Waals surface area contributed by atoms with Crippen LogP contribution in [0.5, 0.6) is 5.75 Å². The highest BCUT2D eigenvalue weighted by Gasteiger charge is 2.44. The van der Waals surface area contributed by atoms with Crippen LogP contribution in [-0.2, 0) is 11.3 Å². The van der Waals surface area contributed by atoms with Crippen LogP contribution in [0.3, 0.4) is 0 Å². The number of hydrazine groups is 1. The first-order chi connectivity index (χ1) is 11.3. The lowest BCUT2D eigenvalue weighted by molar-refractivity contribution is -0.124. The summed E-state index contributed by atoms with van der Waals surface area (Å²) in [7, 11) is 0. The largest absolute Gasteiger partial charge is 0.493 e. The van der Waals surface area contributed by atoms with Gasteiger partial charge >= 0.3 is 0 Å². The minimum atomic E-state index is -0.322. The standard InChI is InChI=1S/C17H18N4O2/c22-17(19-9-11-5-3-4-8-18-11)16-13-10-23-14-7-2-1-6-12(14)15(13)20-21-16/h1-8,13,15-16,20-21H,9-10H2,(H,19,22). The van der Waals surface area contributed by atoms with Crippen LogP contribution in [0.4, 0.5) is 0 Å². The van der Waals surface area contributed by atoms with Gasteiger partial charge in [0.05, 0.1) is 24.9 Å². The van der Waals surface area contributed by atoms with Gasteiger partial charge in [0.2, 0.25) is 5.91 Å². The first kappa shape index (κ1) is 14.2. The van der Waals surface area contributed by atoms with Crippen LogP contribution in [0.1, 0.15) is 17.3 Å². The summed E-state index contributed by atoms with van der Waals surface area (Å²) < 4.78 is 5.81. The maximum Gasteiger partial charge on any atom is 0.239 e. The monoisotopic (exact) mass is 310 g/mol. The summed E-state index contributed by atoms with van der Waals surface area (Å²) in [5.74, 6) is 0.907. The number of nitrogens with one attached hydrogen (secondary N) is 3. The molecule has 1 aromatic heterocycles. The molecule has 0 saturated carbocycles. The number of amides is 1. The molecule has 6 nitrogen and oxygen atoms in total. The van der Waals surface area contributed by atoms with E-state index in [4.69, 9.17) is 4.74 Å². The highest BCUT2D eigenvalue weighted by atomic mass is 16.5. The predicted molar refractivity (Wildman–Crippen MR) is 84.3 cm³/mol. The van der Waals surface area contributed by atoms with Crippen molar-refractivity contribution < 1.29 is 9.53 Å². The van der Waals surface area contributed by atoms with Crippen molar-refractivity contribution in [3.05, 3.63) is 59.9 Å². The molecule has 3 N–H and O–H groups in total. The lowest BCUT2D eigenvalue weighted by Gasteiger charge is -2.29. The molecule has 6 heteroatoms. The lowest BCUT2D eigenvalue weighted by atomic mass is 9.87. The average Bonchev–Trinajstić information content (AvgIpc) is 3.05. The number of carbonyl (C=O) groups is 1. The molecule has 1 aromatic carbocycles. The Hall–Kier alpha value is -2.44. The number of hydrogen-bond acceptors (Lipinski definition) is 5. The molecule has 23 heavy (non-hydrogen) atoms. The average molecular weight is 310 g/mol. The minimum absolute atomic E-state index is 0.0429. The van der Waals surface area contributed by atoms with Gasteiger partial charge in [-0.15, -0.1) is 0 Å². The highest BCUT2D eigenvalue weighted by Crippen LogP contribution is 2.38. The second-order valence-electron chi connectivity index (χ2n) is 5.80. The summed E-state index contributed by atoms with van der Waals surface area (Å²) in [4.78, 5) is 16.7. The van der Waals surface area contributed by atoms with Gasteiger partial charge in [0.1, 0.15) is 11.8 Å². The van der Waals surface area contributed by atoms with Gasteiger partial charge in [-0.3, -0.25) is 9.78 Å². The smallest absolute Gasteiger partial charge is 0.239 e. The van der Waals surface area contributed by atoms with Crippen LogP contribution in [0, 0.1) is 5.92 Å². The Balaban J connectivity index is 1.44. The van der Waals surface area contributed by atoms with Gasteiger partial charge in [-0.2, -0.15) is 0 Å². The van der Waals surface area contributed by atoms with Crippen molar-refractivity contribution in [1.29, 1.82) is 0 Å². The van der Waals surface area contributed by atoms with Gasteiger partial charge in [-0.05, 0) is 18.2 Å². The summed E-state index contributed by atoms with van der Waals surface area (Å²) in [6, 6.07) is 13.4. The molecule has 0 radical (unpaired) electrons. The fourth-order valence-corrected chi connectivity index (χ4v) is 3.19. The molecule has 0 bridgehead atoms. The molecule has 3 unspecified atom stereocenters. The van der Waals surface area contributed by atoms with Crippen molar-refractivity contribution in [2.75, 3.05) is 6.61 Å². The molecule has 1 amide bonds. The number of fused-ring (bicyclic) bond motifs is 3. The van der Waals surface area contributed by atoms with Gasteiger partial charge in [-0.25, -0.2) is 10.9 Å². The fraction of sp³-hybridized carbons (Fsp3) is 0.294. The van der Waals surface area contributed by atoms with E-state index in [-0.39, 0.29) is 23.9 Å². The molecule has 2 aliphatic heterocycles. The Labute approximate surface area is 134 Å². The molecule has 3 heterocycles. The van der Waals surface area contributed by atoms with Gasteiger partial charge in [-0.1, -0.05) is 24.3 Å². The SMILES string of the molecule is O=C(NCc1ccccn1)C1NNC2c3ccccc3OCC12. The van der Waals surface area contributed by atoms with E-state index >= 15 is 0 Å². The lowest BCUT2D eigenvalue weighted by Crippen LogP contribution is -2.46. The van der Waals surface area contributed by atoms with Crippen molar-refractivity contribution >= 4 is 5.91 Å². The molecule has 0 spiro atoms. The molecular weight excluding hydrogens is 292 g/mol. The van der Waals surface area contributed by atoms with Crippen molar-refractivity contribution in [2.45, 2.75) is 18.6 Å². The molecule has 4 rings (SSSR count). The summed E-state index contributed by atoms with van der Waals surface area (Å²) >= 11 is 0. The van der Waals surface area contributed by atoms with Crippen LogP contribution in [0.15, 0.2) is 48.7 Å². The normalized spacial score (nSPS) is 25.1. The molecule has 0 aliphatic carbocycles. The van der Waals surface area contributed by atoms with Gasteiger partial charge < -0.3 is 10.1 Å². The summed E-state index contributed by atoms with van der Waals surface area (Å²) in [6.07, 6.45) is 1.72. The van der Waals surface area contributed by atoms with E-state index < -0.39 is 0 Å². The van der Waals surface area contributed by atoms with Crippen LogP contribution in [-0.4, -0.2) is 23.5 Å². The summed E-state index contributed by atoms with van der Waals surface area (Å²) in [5, 5.41) is 2.94. The number of pyridine rings is 1. The summed E-state index contributed by atoms with van der Waals surface area (Å²) in [6.45, 7) is 0.941. The number of hydrogen-bond donors (Lipinski definition) is 3. The van der Waals surface area contributed by atoms with E-state index in [1.807, 2.05) is 42.5 Å². The Kier molecular flexibility index (Phi) is 3.69. The number of aromatic nitrogens is 1. The summed E-state index contributed by atoms with van der Waals surface area (Å²) in [5.41, 5.74) is 8.29. The highest BCUT2D eigenvalue weighted by molar-refractivity contribution is 5.82. The third-order valence-electron chi connectivity index (χ3n) is 4.39. The third kappa shape index (κ3) is 2.67. The Morgan fingerprint density at radius 2 is 2.09 bits per heavy atom. The van der Waals surface area contributed by atoms with Gasteiger partial charge in [0.15, 0.2) is 0 Å². The molecule has 2 aromatic rings. The van der Waals surface area contributed by atoms with Crippen molar-refractivity contribution in [2.24, 2.45) is 5.92 Å². The first-order valence-electron chi connectivity index (χ1n) is 7.73. The second-order valence-corrected chi connectivity index (χ2v) is 5.80. The number of nitrogens with zero attached hydrogens (tertiary/aromatic N) is 1. The van der Waals surface area contributed by atoms with Crippen LogP contribution < -0.4 is 20.9 Å². The first-order valence-corrected chi connectivity index (χ1v) is 7.73. The van der Waals surface area contributed by atoms with E-state index in [1.54, 1.807) is 6.20 Å². The number of rotatable bonds is 3. The number of benzene rings is 1. The second kappa shape index (κ2) is 5.98. The van der Waals surface area contributed by atoms with Gasteiger partial charge in [0.25, 0.3) is 0 Å². The van der Waals surface area contributed by atoms with Crippen molar-refractivity contribution in [3.63, 3.8) is 0 Å². The number of carbonyl (C=O) groups excluding carboxylic acids is 1. The zero-order valence-electron chi connectivity index (χ0n) is 12.5. The number of ether oxygens (including phenoxy) is 1. The molecule has 1 saturated heterocycles. The zero-order valence-corrected chi connectivity index (χ0v) is 12.5. The molecular formula is C17H18N4O2. The van der Waals surface area contributed by atoms with E-state index in [1.165, 1.54) is 0 Å². The van der Waals surface area contributed by atoms with Crippen LogP contribution in [0.25, 0.3) is 0 Å². The maximum atomic E-state index is 12.5. The van der Waals surface area contributed by atoms with Crippen LogP contribution >= 0.6 is 0 Å². The molecule has 3 atom stereocenters. The van der Waals surface area contributed by atoms with Crippen molar-refractivity contribution in [1.82, 2.24) is 21.2 Å². The Morgan fingerprint density at radius 3 is 2.96 bits per heavy atom. The van der Waals surface area contributed by atoms with E-state index in [9.17, 15) is 4.79 Å². The topological polar surface area (TPSA) is 75.3 Å². The van der Waals surface area contributed by atoms with Gasteiger partial charge in [0, 0.05) is 17.7 Å². The van der Waals surface area contributed by atoms with E-state index in [0.29, 0.717) is 13.2 Å². The van der Waals surface area contributed by atoms with E-state index in [2.05, 4.69) is 21.2 Å². The zero-order chi connectivity index (χ0) is 15.6. The van der Waals surface area contributed by atoms with E-state index in [0.717, 1.165) is 17.0 Å². The third-order valence-corrected chi connectivity index (χ3v) is 4.39. The molecule has 118 valence electrons.